The van der Waals surface area contributed by atoms with Gasteiger partial charge in [0.15, 0.2) is 0 Å². The van der Waals surface area contributed by atoms with Crippen LogP contribution in [0.5, 0.6) is 5.75 Å². The number of nitrogens with one attached hydrogen (secondary N) is 2. The van der Waals surface area contributed by atoms with E-state index in [1.807, 2.05) is 6.92 Å². The number of amides is 1. The minimum absolute atomic E-state index is 0.189. The van der Waals surface area contributed by atoms with E-state index in [1.54, 1.807) is 6.07 Å². The first-order valence-corrected chi connectivity index (χ1v) is 7.18. The molecule has 0 saturated heterocycles. The largest absolute Gasteiger partial charge is 0.492 e. The molecule has 0 aliphatic carbocycles. The molecule has 0 fully saturated rings. The molecule has 0 aromatic heterocycles. The summed E-state index contributed by atoms with van der Waals surface area (Å²) in [4.78, 5) is 11.8. The Morgan fingerprint density at radius 3 is 2.76 bits per heavy atom. The molecule has 1 aliphatic heterocycles. The molecular formula is C13H14BrF3N2O2. The summed E-state index contributed by atoms with van der Waals surface area (Å²) in [5, 5.41) is 5.72. The molecule has 21 heavy (non-hydrogen) atoms. The Kier molecular flexibility index (Phi) is 4.77. The summed E-state index contributed by atoms with van der Waals surface area (Å²) in [5.74, 6) is 0.0849. The van der Waals surface area contributed by atoms with Crippen LogP contribution in [-0.4, -0.2) is 25.2 Å². The summed E-state index contributed by atoms with van der Waals surface area (Å²) in [7, 11) is 0. The van der Waals surface area contributed by atoms with Gasteiger partial charge in [-0.2, -0.15) is 13.2 Å². The average molecular weight is 367 g/mol. The van der Waals surface area contributed by atoms with E-state index in [0.717, 1.165) is 5.56 Å². The van der Waals surface area contributed by atoms with Crippen LogP contribution in [0.25, 0.3) is 0 Å². The van der Waals surface area contributed by atoms with E-state index in [9.17, 15) is 18.0 Å². The molecule has 1 aliphatic rings. The fourth-order valence-corrected chi connectivity index (χ4v) is 2.53. The second kappa shape index (κ2) is 6.23. The molecule has 1 unspecified atom stereocenters. The summed E-state index contributed by atoms with van der Waals surface area (Å²) in [5.41, 5.74) is 1.30. The quantitative estimate of drug-likeness (QED) is 0.839. The molecule has 116 valence electrons. The van der Waals surface area contributed by atoms with Crippen molar-refractivity contribution < 1.29 is 22.7 Å². The number of alkyl halides is 3. The minimum Gasteiger partial charge on any atom is -0.492 e. The number of halogens is 4. The Hall–Kier alpha value is -1.28. The first-order chi connectivity index (χ1) is 9.81. The Morgan fingerprint density at radius 1 is 1.43 bits per heavy atom. The van der Waals surface area contributed by atoms with Crippen molar-refractivity contribution in [3.63, 3.8) is 0 Å². The van der Waals surface area contributed by atoms with Gasteiger partial charge in [0.25, 0.3) is 0 Å². The van der Waals surface area contributed by atoms with Crippen molar-refractivity contribution in [2.75, 3.05) is 18.5 Å². The predicted molar refractivity (Wildman–Crippen MR) is 75.4 cm³/mol. The van der Waals surface area contributed by atoms with Gasteiger partial charge in [-0.25, -0.2) is 0 Å². The maximum Gasteiger partial charge on any atom is 0.392 e. The monoisotopic (exact) mass is 366 g/mol. The van der Waals surface area contributed by atoms with Gasteiger partial charge in [0, 0.05) is 17.3 Å². The van der Waals surface area contributed by atoms with Gasteiger partial charge in [-0.05, 0) is 28.5 Å². The highest BCUT2D eigenvalue weighted by molar-refractivity contribution is 9.10. The summed E-state index contributed by atoms with van der Waals surface area (Å²) in [6.45, 7) is 2.04. The van der Waals surface area contributed by atoms with E-state index in [2.05, 4.69) is 26.6 Å². The van der Waals surface area contributed by atoms with Crippen LogP contribution >= 0.6 is 15.9 Å². The lowest BCUT2D eigenvalue weighted by Gasteiger charge is -2.13. The average Bonchev–Trinajstić information content (AvgIpc) is 2.65. The van der Waals surface area contributed by atoms with Crippen LogP contribution < -0.4 is 15.4 Å². The Labute approximate surface area is 128 Å². The number of anilines is 1. The zero-order valence-electron chi connectivity index (χ0n) is 11.2. The van der Waals surface area contributed by atoms with E-state index in [1.165, 1.54) is 6.07 Å². The van der Waals surface area contributed by atoms with Crippen molar-refractivity contribution in [1.82, 2.24) is 5.32 Å². The van der Waals surface area contributed by atoms with Crippen molar-refractivity contribution in [1.29, 1.82) is 0 Å². The number of likely N-dealkylation sites (N-methyl/N-ethyl adjacent to an activating group) is 1. The molecule has 2 rings (SSSR count). The number of fused-ring (bicyclic) bond motifs is 1. The van der Waals surface area contributed by atoms with Crippen LogP contribution in [0.2, 0.25) is 0 Å². The second-order valence-electron chi connectivity index (χ2n) is 4.56. The third kappa shape index (κ3) is 3.88. The third-order valence-electron chi connectivity index (χ3n) is 2.99. The van der Waals surface area contributed by atoms with E-state index in [-0.39, 0.29) is 11.7 Å². The lowest BCUT2D eigenvalue weighted by Crippen LogP contribution is -2.27. The second-order valence-corrected chi connectivity index (χ2v) is 5.42. The molecule has 0 saturated carbocycles. The summed E-state index contributed by atoms with van der Waals surface area (Å²) in [6.07, 6.45) is -5.28. The van der Waals surface area contributed by atoms with E-state index >= 15 is 0 Å². The van der Waals surface area contributed by atoms with Crippen molar-refractivity contribution in [3.05, 3.63) is 22.2 Å². The summed E-state index contributed by atoms with van der Waals surface area (Å²) >= 11 is 3.26. The molecule has 1 aromatic rings. The topological polar surface area (TPSA) is 50.4 Å². The maximum absolute atomic E-state index is 12.1. The highest BCUT2D eigenvalue weighted by Gasteiger charge is 2.31. The molecule has 1 heterocycles. The van der Waals surface area contributed by atoms with E-state index < -0.39 is 25.2 Å². The molecule has 2 N–H and O–H groups in total. The maximum atomic E-state index is 12.1. The highest BCUT2D eigenvalue weighted by Crippen LogP contribution is 2.38. The van der Waals surface area contributed by atoms with Gasteiger partial charge in [0.2, 0.25) is 5.91 Å². The number of ether oxygens (including phenoxy) is 1. The number of hydrogen-bond donors (Lipinski definition) is 2. The number of carbonyl (C=O) groups excluding carboxylic acids is 1. The van der Waals surface area contributed by atoms with Crippen molar-refractivity contribution in [2.45, 2.75) is 25.6 Å². The number of rotatable bonds is 5. The van der Waals surface area contributed by atoms with Crippen molar-refractivity contribution >= 4 is 27.5 Å². The minimum atomic E-state index is -4.26. The van der Waals surface area contributed by atoms with Crippen LogP contribution in [0.4, 0.5) is 18.9 Å². The van der Waals surface area contributed by atoms with Crippen LogP contribution in [0.1, 0.15) is 24.9 Å². The fourth-order valence-electron chi connectivity index (χ4n) is 2.06. The van der Waals surface area contributed by atoms with Gasteiger partial charge in [-0.1, -0.05) is 6.92 Å². The molecule has 1 atom stereocenters. The first kappa shape index (κ1) is 16.1. The molecule has 0 bridgehead atoms. The fraction of sp³-hybridized carbons (Fsp3) is 0.462. The first-order valence-electron chi connectivity index (χ1n) is 6.39. The molecule has 4 nitrogen and oxygen atoms in total. The van der Waals surface area contributed by atoms with E-state index in [0.29, 0.717) is 16.7 Å². The highest BCUT2D eigenvalue weighted by atomic mass is 79.9. The van der Waals surface area contributed by atoms with Gasteiger partial charge in [-0.15, -0.1) is 0 Å². The normalized spacial score (nSPS) is 17.6. The smallest absolute Gasteiger partial charge is 0.392 e. The summed E-state index contributed by atoms with van der Waals surface area (Å²) in [6, 6.07) is 2.76. The Bertz CT molecular complexity index is 549. The van der Waals surface area contributed by atoms with Crippen molar-refractivity contribution in [3.8, 4) is 5.75 Å². The SMILES string of the molecule is CCNC1C(=O)Nc2cc(OCCC(F)(F)F)c(Br)cc21. The number of hydrogen-bond acceptors (Lipinski definition) is 3. The van der Waals surface area contributed by atoms with E-state index in [4.69, 9.17) is 4.74 Å². The number of benzene rings is 1. The summed E-state index contributed by atoms with van der Waals surface area (Å²) < 4.78 is 42.0. The molecule has 0 radical (unpaired) electrons. The third-order valence-corrected chi connectivity index (χ3v) is 3.61. The molecule has 1 amide bonds. The lowest BCUT2D eigenvalue weighted by atomic mass is 10.1. The van der Waals surface area contributed by atoms with Crippen LogP contribution in [0, 0.1) is 0 Å². The lowest BCUT2D eigenvalue weighted by molar-refractivity contribution is -0.139. The molecular weight excluding hydrogens is 353 g/mol. The van der Waals surface area contributed by atoms with Gasteiger partial charge >= 0.3 is 6.18 Å². The predicted octanol–water partition coefficient (Wildman–Crippen LogP) is 3.38. The van der Waals surface area contributed by atoms with Gasteiger partial charge in [0.1, 0.15) is 11.8 Å². The zero-order valence-corrected chi connectivity index (χ0v) is 12.8. The Morgan fingerprint density at radius 2 is 2.14 bits per heavy atom. The van der Waals surface area contributed by atoms with Gasteiger partial charge in [0.05, 0.1) is 17.5 Å². The molecule has 0 spiro atoms. The molecule has 8 heteroatoms. The standard InChI is InChI=1S/C13H14BrF3N2O2/c1-2-18-11-7-5-8(14)10(6-9(7)19-12(11)20)21-4-3-13(15,16)17/h5-6,11,18H,2-4H2,1H3,(H,19,20). The Balaban J connectivity index is 2.13. The van der Waals surface area contributed by atoms with Crippen LogP contribution in [0.3, 0.4) is 0 Å². The van der Waals surface area contributed by atoms with Crippen LogP contribution in [0.15, 0.2) is 16.6 Å². The zero-order chi connectivity index (χ0) is 15.6. The van der Waals surface area contributed by atoms with Crippen molar-refractivity contribution in [2.24, 2.45) is 0 Å². The van der Waals surface area contributed by atoms with Gasteiger partial charge in [-0.3, -0.25) is 4.79 Å². The van der Waals surface area contributed by atoms with Gasteiger partial charge < -0.3 is 15.4 Å². The molecule has 1 aromatic carbocycles. The van der Waals surface area contributed by atoms with Crippen LogP contribution in [-0.2, 0) is 4.79 Å². The number of carbonyl (C=O) groups is 1.